The Kier molecular flexibility index (Phi) is 3.75. The number of furan rings is 1. The fourth-order valence-electron chi connectivity index (χ4n) is 1.90. The predicted molar refractivity (Wildman–Crippen MR) is 76.7 cm³/mol. The van der Waals surface area contributed by atoms with Gasteiger partial charge in [-0.1, -0.05) is 5.16 Å². The highest BCUT2D eigenvalue weighted by Gasteiger charge is 2.23. The molecule has 0 aliphatic carbocycles. The van der Waals surface area contributed by atoms with Gasteiger partial charge in [0.15, 0.2) is 11.9 Å². The Hall–Kier alpha value is -3.23. The lowest BCUT2D eigenvalue weighted by atomic mass is 10.3. The molecule has 3 rings (SSSR count). The quantitative estimate of drug-likeness (QED) is 0.520. The first kappa shape index (κ1) is 14.7. The summed E-state index contributed by atoms with van der Waals surface area (Å²) in [6, 6.07) is 6.50. The molecule has 3 aromatic rings. The maximum absolute atomic E-state index is 11.1. The Balaban J connectivity index is 1.82. The van der Waals surface area contributed by atoms with Gasteiger partial charge >= 0.3 is 5.82 Å². The van der Waals surface area contributed by atoms with Crippen LogP contribution in [0, 0.1) is 17.0 Å². The van der Waals surface area contributed by atoms with Crippen LogP contribution in [0.3, 0.4) is 0 Å². The van der Waals surface area contributed by atoms with Crippen LogP contribution >= 0.6 is 0 Å². The average molecular weight is 316 g/mol. The van der Waals surface area contributed by atoms with Crippen LogP contribution < -0.4 is 4.74 Å². The van der Waals surface area contributed by atoms with Crippen LogP contribution in [0.4, 0.5) is 5.82 Å². The first-order chi connectivity index (χ1) is 11.0. The summed E-state index contributed by atoms with van der Waals surface area (Å²) in [5, 5.41) is 14.8. The lowest BCUT2D eigenvalue weighted by Gasteiger charge is -2.10. The average Bonchev–Trinajstić information content (AvgIpc) is 3.19. The van der Waals surface area contributed by atoms with Gasteiger partial charge in [-0.3, -0.25) is 0 Å². The normalized spacial score (nSPS) is 12.1. The number of hydrogen-bond acceptors (Lipinski definition) is 8. The van der Waals surface area contributed by atoms with Crippen LogP contribution in [-0.4, -0.2) is 20.0 Å². The van der Waals surface area contributed by atoms with Gasteiger partial charge in [0.2, 0.25) is 11.6 Å². The van der Waals surface area contributed by atoms with Crippen LogP contribution in [0.15, 0.2) is 39.5 Å². The standard InChI is InChI=1S/C14H12N4O5/c1-8-5-6-11(13(15-8)18(19)20)22-9(2)14-16-12(17-23-14)10-4-3-7-21-10/h3-7,9H,1-2H3. The van der Waals surface area contributed by atoms with Crippen molar-refractivity contribution in [3.05, 3.63) is 52.2 Å². The minimum Gasteiger partial charge on any atom is -0.473 e. The van der Waals surface area contributed by atoms with Crippen molar-refractivity contribution in [2.24, 2.45) is 0 Å². The summed E-state index contributed by atoms with van der Waals surface area (Å²) in [6.45, 7) is 3.30. The number of rotatable bonds is 5. The summed E-state index contributed by atoms with van der Waals surface area (Å²) in [7, 11) is 0. The maximum Gasteiger partial charge on any atom is 0.406 e. The van der Waals surface area contributed by atoms with Crippen molar-refractivity contribution in [3.8, 4) is 17.3 Å². The fraction of sp³-hybridized carbons (Fsp3) is 0.214. The van der Waals surface area contributed by atoms with E-state index < -0.39 is 11.0 Å². The molecule has 0 saturated carbocycles. The van der Waals surface area contributed by atoms with Gasteiger partial charge in [-0.15, -0.1) is 0 Å². The second kappa shape index (κ2) is 5.87. The Morgan fingerprint density at radius 2 is 2.13 bits per heavy atom. The van der Waals surface area contributed by atoms with Crippen LogP contribution in [0.25, 0.3) is 11.6 Å². The molecule has 0 amide bonds. The third kappa shape index (κ3) is 3.03. The Labute approximate surface area is 130 Å². The molecule has 0 radical (unpaired) electrons. The summed E-state index contributed by atoms with van der Waals surface area (Å²) < 4.78 is 15.8. The van der Waals surface area contributed by atoms with E-state index in [2.05, 4.69) is 15.1 Å². The molecule has 0 aromatic carbocycles. The van der Waals surface area contributed by atoms with Crippen molar-refractivity contribution in [3.63, 3.8) is 0 Å². The van der Waals surface area contributed by atoms with E-state index in [-0.39, 0.29) is 23.3 Å². The minimum atomic E-state index is -0.686. The molecule has 9 nitrogen and oxygen atoms in total. The van der Waals surface area contributed by atoms with Gasteiger partial charge < -0.3 is 23.8 Å². The number of nitro groups is 1. The lowest BCUT2D eigenvalue weighted by molar-refractivity contribution is -0.390. The first-order valence-electron chi connectivity index (χ1n) is 6.71. The molecule has 0 bridgehead atoms. The summed E-state index contributed by atoms with van der Waals surface area (Å²) in [5.41, 5.74) is 0.523. The second-order valence-electron chi connectivity index (χ2n) is 4.73. The van der Waals surface area contributed by atoms with Gasteiger partial charge in [-0.05, 0) is 41.1 Å². The van der Waals surface area contributed by atoms with Crippen molar-refractivity contribution in [2.75, 3.05) is 0 Å². The van der Waals surface area contributed by atoms with Gasteiger partial charge in [-0.25, -0.2) is 0 Å². The molecule has 0 N–H and O–H groups in total. The van der Waals surface area contributed by atoms with Crippen molar-refractivity contribution in [2.45, 2.75) is 20.0 Å². The molecule has 9 heteroatoms. The SMILES string of the molecule is Cc1ccc(OC(C)c2nc(-c3ccco3)no2)c([N+](=O)[O-])n1. The van der Waals surface area contributed by atoms with Crippen LogP contribution in [0.1, 0.15) is 24.6 Å². The molecular formula is C14H12N4O5. The predicted octanol–water partition coefficient (Wildman–Crippen LogP) is 3.08. The molecule has 0 spiro atoms. The molecule has 3 heterocycles. The molecule has 0 saturated heterocycles. The lowest BCUT2D eigenvalue weighted by Crippen LogP contribution is -2.06. The fourth-order valence-corrected chi connectivity index (χ4v) is 1.90. The molecule has 1 unspecified atom stereocenters. The first-order valence-corrected chi connectivity index (χ1v) is 6.71. The second-order valence-corrected chi connectivity index (χ2v) is 4.73. The van der Waals surface area contributed by atoms with E-state index >= 15 is 0 Å². The van der Waals surface area contributed by atoms with E-state index in [0.29, 0.717) is 11.5 Å². The number of nitrogens with zero attached hydrogens (tertiary/aromatic N) is 4. The number of aromatic nitrogens is 3. The summed E-state index contributed by atoms with van der Waals surface area (Å²) >= 11 is 0. The molecule has 0 aliphatic rings. The number of aryl methyl sites for hydroxylation is 1. The van der Waals surface area contributed by atoms with E-state index in [9.17, 15) is 10.1 Å². The highest BCUT2D eigenvalue weighted by molar-refractivity contribution is 5.45. The van der Waals surface area contributed by atoms with Crippen molar-refractivity contribution >= 4 is 5.82 Å². The van der Waals surface area contributed by atoms with Gasteiger partial charge in [-0.2, -0.15) is 4.98 Å². The van der Waals surface area contributed by atoms with Gasteiger partial charge in [0, 0.05) is 6.92 Å². The number of ether oxygens (including phenoxy) is 1. The third-order valence-corrected chi connectivity index (χ3v) is 2.99. The monoisotopic (exact) mass is 316 g/mol. The van der Waals surface area contributed by atoms with Crippen LogP contribution in [0.2, 0.25) is 0 Å². The smallest absolute Gasteiger partial charge is 0.406 e. The molecular weight excluding hydrogens is 304 g/mol. The van der Waals surface area contributed by atoms with Crippen LogP contribution in [-0.2, 0) is 0 Å². The topological polar surface area (TPSA) is 117 Å². The van der Waals surface area contributed by atoms with Gasteiger partial charge in [0.05, 0.1) is 6.26 Å². The zero-order valence-electron chi connectivity index (χ0n) is 12.3. The summed E-state index contributed by atoms with van der Waals surface area (Å²) in [6.07, 6.45) is 0.807. The largest absolute Gasteiger partial charge is 0.473 e. The molecule has 118 valence electrons. The Bertz CT molecular complexity index is 828. The van der Waals surface area contributed by atoms with E-state index in [4.69, 9.17) is 13.7 Å². The molecule has 1 atom stereocenters. The summed E-state index contributed by atoms with van der Waals surface area (Å²) in [5.74, 6) is 0.576. The van der Waals surface area contributed by atoms with E-state index in [1.54, 1.807) is 32.0 Å². The molecule has 0 fully saturated rings. The van der Waals surface area contributed by atoms with Crippen molar-refractivity contribution in [1.29, 1.82) is 0 Å². The van der Waals surface area contributed by atoms with Gasteiger partial charge in [0.25, 0.3) is 5.89 Å². The van der Waals surface area contributed by atoms with Crippen molar-refractivity contribution < 1.29 is 18.6 Å². The van der Waals surface area contributed by atoms with E-state index in [1.807, 2.05) is 0 Å². The van der Waals surface area contributed by atoms with Crippen molar-refractivity contribution in [1.82, 2.24) is 15.1 Å². The molecule has 23 heavy (non-hydrogen) atoms. The number of hydrogen-bond donors (Lipinski definition) is 0. The van der Waals surface area contributed by atoms with E-state index in [1.165, 1.54) is 12.3 Å². The summed E-state index contributed by atoms with van der Waals surface area (Å²) in [4.78, 5) is 18.5. The molecule has 3 aromatic heterocycles. The maximum atomic E-state index is 11.1. The highest BCUT2D eigenvalue weighted by atomic mass is 16.6. The zero-order valence-corrected chi connectivity index (χ0v) is 12.3. The Morgan fingerprint density at radius 1 is 1.30 bits per heavy atom. The molecule has 0 aliphatic heterocycles. The third-order valence-electron chi connectivity index (χ3n) is 2.99. The highest BCUT2D eigenvalue weighted by Crippen LogP contribution is 2.29. The zero-order chi connectivity index (χ0) is 16.4. The minimum absolute atomic E-state index is 0.0332. The van der Waals surface area contributed by atoms with Gasteiger partial charge in [0.1, 0.15) is 5.69 Å². The Morgan fingerprint density at radius 3 is 2.83 bits per heavy atom. The van der Waals surface area contributed by atoms with E-state index in [0.717, 1.165) is 0 Å². The number of pyridine rings is 1. The van der Waals surface area contributed by atoms with Crippen LogP contribution in [0.5, 0.6) is 5.75 Å².